The van der Waals surface area contributed by atoms with E-state index in [2.05, 4.69) is 29.5 Å². The Morgan fingerprint density at radius 2 is 1.88 bits per heavy atom. The van der Waals surface area contributed by atoms with Crippen molar-refractivity contribution in [3.05, 3.63) is 0 Å². The summed E-state index contributed by atoms with van der Waals surface area (Å²) in [5.41, 5.74) is 0.305. The fourth-order valence-electron chi connectivity index (χ4n) is 2.38. The lowest BCUT2D eigenvalue weighted by Crippen LogP contribution is -2.31. The van der Waals surface area contributed by atoms with E-state index in [0.717, 1.165) is 19.3 Å². The van der Waals surface area contributed by atoms with Crippen LogP contribution in [0, 0.1) is 5.41 Å². The van der Waals surface area contributed by atoms with Crippen molar-refractivity contribution in [3.8, 4) is 0 Å². The fraction of sp³-hybridized carbons (Fsp3) is 0.727. The molecular formula is C11H17N3O2. The van der Waals surface area contributed by atoms with E-state index in [1.165, 1.54) is 6.42 Å². The van der Waals surface area contributed by atoms with Gasteiger partial charge < -0.3 is 0 Å². The number of nitrogens with zero attached hydrogens (tertiary/aromatic N) is 1. The largest absolute Gasteiger partial charge is 0.316 e. The first kappa shape index (κ1) is 11.1. The van der Waals surface area contributed by atoms with Gasteiger partial charge in [-0.2, -0.15) is 0 Å². The van der Waals surface area contributed by atoms with Gasteiger partial charge in [0, 0.05) is 0 Å². The van der Waals surface area contributed by atoms with Crippen molar-refractivity contribution in [2.45, 2.75) is 45.6 Å². The van der Waals surface area contributed by atoms with Gasteiger partial charge >= 0.3 is 11.8 Å². The molecule has 1 aliphatic heterocycles. The van der Waals surface area contributed by atoms with Gasteiger partial charge in [0.25, 0.3) is 0 Å². The van der Waals surface area contributed by atoms with Gasteiger partial charge in [0.2, 0.25) is 5.96 Å². The van der Waals surface area contributed by atoms with Crippen molar-refractivity contribution in [1.82, 2.24) is 10.6 Å². The third-order valence-corrected chi connectivity index (χ3v) is 3.16. The quantitative estimate of drug-likeness (QED) is 0.637. The molecule has 0 aromatic heterocycles. The smallest absolute Gasteiger partial charge is 0.288 e. The molecule has 0 bridgehead atoms. The van der Waals surface area contributed by atoms with Crippen LogP contribution in [0.2, 0.25) is 0 Å². The van der Waals surface area contributed by atoms with Crippen LogP contribution in [0.15, 0.2) is 4.99 Å². The third-order valence-electron chi connectivity index (χ3n) is 3.16. The van der Waals surface area contributed by atoms with Crippen molar-refractivity contribution in [2.75, 3.05) is 0 Å². The highest BCUT2D eigenvalue weighted by atomic mass is 16.2. The highest BCUT2D eigenvalue weighted by Crippen LogP contribution is 2.36. The molecule has 5 nitrogen and oxygen atoms in total. The van der Waals surface area contributed by atoms with Crippen LogP contribution in [0.25, 0.3) is 0 Å². The molecule has 1 saturated heterocycles. The molecule has 16 heavy (non-hydrogen) atoms. The standard InChI is InChI=1S/C11H17N3O2/c1-11(2)5-3-4-7(6-11)12-10-13-8(15)9(16)14-10/h7H,3-6H2,1-2H3,(H2,12,13,14,15,16). The molecule has 2 amide bonds. The molecule has 2 N–H and O–H groups in total. The van der Waals surface area contributed by atoms with Crippen LogP contribution in [0.1, 0.15) is 39.5 Å². The summed E-state index contributed by atoms with van der Waals surface area (Å²) >= 11 is 0. The second-order valence-electron chi connectivity index (χ2n) is 5.30. The topological polar surface area (TPSA) is 70.6 Å². The summed E-state index contributed by atoms with van der Waals surface area (Å²) in [5.74, 6) is -0.916. The number of carbonyl (C=O) groups is 2. The first-order chi connectivity index (χ1) is 7.46. The molecule has 88 valence electrons. The Kier molecular flexibility index (Phi) is 2.69. The van der Waals surface area contributed by atoms with Crippen LogP contribution in [0.5, 0.6) is 0 Å². The zero-order valence-corrected chi connectivity index (χ0v) is 9.67. The second-order valence-corrected chi connectivity index (χ2v) is 5.30. The molecule has 1 saturated carbocycles. The predicted octanol–water partition coefficient (Wildman–Crippen LogP) is 0.557. The second kappa shape index (κ2) is 3.88. The molecule has 0 radical (unpaired) electrons. The SMILES string of the molecule is CC1(C)CCCC(N=C2NC(=O)C(=O)N2)C1. The Morgan fingerprint density at radius 1 is 1.25 bits per heavy atom. The number of rotatable bonds is 1. The van der Waals surface area contributed by atoms with Crippen LogP contribution < -0.4 is 10.6 Å². The molecular weight excluding hydrogens is 206 g/mol. The Morgan fingerprint density at radius 3 is 2.44 bits per heavy atom. The summed E-state index contributed by atoms with van der Waals surface area (Å²) in [6.07, 6.45) is 4.39. The average molecular weight is 223 g/mol. The highest BCUT2D eigenvalue weighted by molar-refractivity contribution is 6.45. The summed E-state index contributed by atoms with van der Waals surface area (Å²) in [6, 6.07) is 0.206. The minimum Gasteiger partial charge on any atom is -0.288 e. The molecule has 1 aliphatic carbocycles. The summed E-state index contributed by atoms with van der Waals surface area (Å²) in [6.45, 7) is 4.45. The zero-order chi connectivity index (χ0) is 11.8. The van der Waals surface area contributed by atoms with Gasteiger partial charge in [-0.05, 0) is 24.7 Å². The molecule has 2 fully saturated rings. The normalized spacial score (nSPS) is 28.6. The van der Waals surface area contributed by atoms with Crippen molar-refractivity contribution < 1.29 is 9.59 Å². The molecule has 2 rings (SSSR count). The molecule has 1 heterocycles. The average Bonchev–Trinajstić information content (AvgIpc) is 2.43. The highest BCUT2D eigenvalue weighted by Gasteiger charge is 2.30. The number of guanidine groups is 1. The lowest BCUT2D eigenvalue weighted by atomic mass is 9.75. The zero-order valence-electron chi connectivity index (χ0n) is 9.67. The van der Waals surface area contributed by atoms with Crippen LogP contribution in [0.3, 0.4) is 0 Å². The first-order valence-corrected chi connectivity index (χ1v) is 5.66. The monoisotopic (exact) mass is 223 g/mol. The minimum absolute atomic E-state index is 0.206. The summed E-state index contributed by atoms with van der Waals surface area (Å²) in [5, 5.41) is 4.86. The Balaban J connectivity index is 2.02. The maximum Gasteiger partial charge on any atom is 0.316 e. The Hall–Kier alpha value is -1.39. The van der Waals surface area contributed by atoms with Crippen LogP contribution in [0.4, 0.5) is 0 Å². The predicted molar refractivity (Wildman–Crippen MR) is 59.8 cm³/mol. The van der Waals surface area contributed by atoms with Crippen LogP contribution in [-0.4, -0.2) is 23.8 Å². The molecule has 1 unspecified atom stereocenters. The van der Waals surface area contributed by atoms with Gasteiger partial charge in [-0.25, -0.2) is 4.99 Å². The van der Waals surface area contributed by atoms with Crippen molar-refractivity contribution in [1.29, 1.82) is 0 Å². The van der Waals surface area contributed by atoms with Gasteiger partial charge in [-0.3, -0.25) is 20.2 Å². The molecule has 0 aromatic rings. The van der Waals surface area contributed by atoms with Crippen molar-refractivity contribution >= 4 is 17.8 Å². The van der Waals surface area contributed by atoms with Gasteiger partial charge in [0.05, 0.1) is 6.04 Å². The van der Waals surface area contributed by atoms with E-state index in [-0.39, 0.29) is 6.04 Å². The van der Waals surface area contributed by atoms with Gasteiger partial charge in [-0.1, -0.05) is 20.3 Å². The van der Waals surface area contributed by atoms with Crippen molar-refractivity contribution in [2.24, 2.45) is 10.4 Å². The van der Waals surface area contributed by atoms with E-state index in [9.17, 15) is 9.59 Å². The molecule has 5 heteroatoms. The molecule has 0 aromatic carbocycles. The van der Waals surface area contributed by atoms with Crippen LogP contribution >= 0.6 is 0 Å². The van der Waals surface area contributed by atoms with Gasteiger partial charge in [0.15, 0.2) is 0 Å². The first-order valence-electron chi connectivity index (χ1n) is 5.66. The molecule has 1 atom stereocenters. The number of hydrogen-bond donors (Lipinski definition) is 2. The lowest BCUT2D eigenvalue weighted by Gasteiger charge is -2.33. The van der Waals surface area contributed by atoms with E-state index in [1.54, 1.807) is 0 Å². The number of hydrogen-bond acceptors (Lipinski definition) is 3. The van der Waals surface area contributed by atoms with E-state index in [1.807, 2.05) is 0 Å². The maximum absolute atomic E-state index is 10.9. The number of aliphatic imine (C=N–C) groups is 1. The number of amides is 2. The van der Waals surface area contributed by atoms with E-state index < -0.39 is 11.8 Å². The Bertz CT molecular complexity index is 342. The van der Waals surface area contributed by atoms with Crippen LogP contribution in [-0.2, 0) is 9.59 Å². The van der Waals surface area contributed by atoms with Gasteiger partial charge in [-0.15, -0.1) is 0 Å². The molecule has 0 spiro atoms. The number of carbonyl (C=O) groups excluding carboxylic acids is 2. The third kappa shape index (κ3) is 2.40. The molecule has 2 aliphatic rings. The van der Waals surface area contributed by atoms with E-state index in [4.69, 9.17) is 0 Å². The van der Waals surface area contributed by atoms with Crippen molar-refractivity contribution in [3.63, 3.8) is 0 Å². The fourth-order valence-corrected chi connectivity index (χ4v) is 2.38. The lowest BCUT2D eigenvalue weighted by molar-refractivity contribution is -0.135. The van der Waals surface area contributed by atoms with E-state index in [0.29, 0.717) is 11.4 Å². The minimum atomic E-state index is -0.617. The Labute approximate surface area is 94.7 Å². The van der Waals surface area contributed by atoms with E-state index >= 15 is 0 Å². The summed E-state index contributed by atoms with van der Waals surface area (Å²) < 4.78 is 0. The summed E-state index contributed by atoms with van der Waals surface area (Å²) in [4.78, 5) is 26.3. The number of nitrogens with one attached hydrogen (secondary N) is 2. The maximum atomic E-state index is 10.9. The summed E-state index contributed by atoms with van der Waals surface area (Å²) in [7, 11) is 0. The van der Waals surface area contributed by atoms with Gasteiger partial charge in [0.1, 0.15) is 0 Å².